The zero-order valence-corrected chi connectivity index (χ0v) is 13.5. The molecule has 0 radical (unpaired) electrons. The normalized spacial score (nSPS) is 10.9. The van der Waals surface area contributed by atoms with Gasteiger partial charge < -0.3 is 10.1 Å². The molecule has 3 heteroatoms. The van der Waals surface area contributed by atoms with E-state index in [-0.39, 0.29) is 5.91 Å². The molecule has 0 spiro atoms. The van der Waals surface area contributed by atoms with Crippen LogP contribution in [0.2, 0.25) is 0 Å². The fraction of sp³-hybridized carbons (Fsp3) is 0.0952. The number of fused-ring (bicyclic) bond motifs is 1. The standard InChI is InChI=1S/C21H19NO2/c1-2-24-20-12-7-16(8-13-20)9-14-21(23)22-19-11-10-17-5-3-4-6-18(17)15-19/h3-15H,2H2,1H3,(H,22,23)/b14-9+. The van der Waals surface area contributed by atoms with Gasteiger partial charge in [-0.25, -0.2) is 0 Å². The average molecular weight is 317 g/mol. The molecule has 1 amide bonds. The fourth-order valence-corrected chi connectivity index (χ4v) is 2.46. The summed E-state index contributed by atoms with van der Waals surface area (Å²) in [5.41, 5.74) is 1.74. The Morgan fingerprint density at radius 1 is 1.00 bits per heavy atom. The van der Waals surface area contributed by atoms with Gasteiger partial charge in [0.2, 0.25) is 5.91 Å². The number of rotatable bonds is 5. The van der Waals surface area contributed by atoms with E-state index in [0.29, 0.717) is 6.61 Å². The Balaban J connectivity index is 1.65. The van der Waals surface area contributed by atoms with E-state index in [1.165, 1.54) is 6.08 Å². The van der Waals surface area contributed by atoms with Crippen molar-refractivity contribution in [1.29, 1.82) is 0 Å². The maximum atomic E-state index is 12.1. The minimum absolute atomic E-state index is 0.154. The number of hydrogen-bond acceptors (Lipinski definition) is 2. The molecule has 0 saturated carbocycles. The maximum Gasteiger partial charge on any atom is 0.248 e. The van der Waals surface area contributed by atoms with Crippen molar-refractivity contribution >= 4 is 28.4 Å². The average Bonchev–Trinajstić information content (AvgIpc) is 2.61. The van der Waals surface area contributed by atoms with Crippen molar-refractivity contribution in [2.75, 3.05) is 11.9 Å². The van der Waals surface area contributed by atoms with Crippen molar-refractivity contribution in [1.82, 2.24) is 0 Å². The maximum absolute atomic E-state index is 12.1. The van der Waals surface area contributed by atoms with Crippen LogP contribution >= 0.6 is 0 Å². The lowest BCUT2D eigenvalue weighted by atomic mass is 10.1. The van der Waals surface area contributed by atoms with Gasteiger partial charge in [0.25, 0.3) is 0 Å². The molecular formula is C21H19NO2. The SMILES string of the molecule is CCOc1ccc(/C=C/C(=O)Nc2ccc3ccccc3c2)cc1. The molecule has 0 heterocycles. The highest BCUT2D eigenvalue weighted by atomic mass is 16.5. The molecule has 0 bridgehead atoms. The quantitative estimate of drug-likeness (QED) is 0.680. The Bertz CT molecular complexity index is 866. The Kier molecular flexibility index (Phi) is 4.92. The van der Waals surface area contributed by atoms with Crippen LogP contribution in [0.4, 0.5) is 5.69 Å². The molecule has 0 aromatic heterocycles. The van der Waals surface area contributed by atoms with Gasteiger partial charge in [-0.3, -0.25) is 4.79 Å². The van der Waals surface area contributed by atoms with E-state index in [0.717, 1.165) is 27.8 Å². The molecule has 1 N–H and O–H groups in total. The molecule has 3 aromatic carbocycles. The number of nitrogens with one attached hydrogen (secondary N) is 1. The Hall–Kier alpha value is -3.07. The van der Waals surface area contributed by atoms with Crippen molar-refractivity contribution in [3.05, 3.63) is 78.4 Å². The molecule has 0 fully saturated rings. The van der Waals surface area contributed by atoms with Crippen LogP contribution in [0.3, 0.4) is 0 Å². The molecule has 0 unspecified atom stereocenters. The van der Waals surface area contributed by atoms with Crippen molar-refractivity contribution in [3.8, 4) is 5.75 Å². The highest BCUT2D eigenvalue weighted by Gasteiger charge is 2.00. The Morgan fingerprint density at radius 3 is 2.50 bits per heavy atom. The molecule has 0 aliphatic carbocycles. The van der Waals surface area contributed by atoms with Gasteiger partial charge in [0.05, 0.1) is 6.61 Å². The van der Waals surface area contributed by atoms with Crippen LogP contribution in [0.5, 0.6) is 5.75 Å². The van der Waals surface area contributed by atoms with Gasteiger partial charge >= 0.3 is 0 Å². The monoisotopic (exact) mass is 317 g/mol. The summed E-state index contributed by atoms with van der Waals surface area (Å²) in [5, 5.41) is 5.14. The van der Waals surface area contributed by atoms with Gasteiger partial charge in [-0.05, 0) is 53.6 Å². The minimum Gasteiger partial charge on any atom is -0.494 e. The third-order valence-electron chi connectivity index (χ3n) is 3.64. The third-order valence-corrected chi connectivity index (χ3v) is 3.64. The second-order valence-corrected chi connectivity index (χ2v) is 5.39. The summed E-state index contributed by atoms with van der Waals surface area (Å²) < 4.78 is 5.40. The Labute approximate surface area is 141 Å². The summed E-state index contributed by atoms with van der Waals surface area (Å²) in [6.07, 6.45) is 3.32. The van der Waals surface area contributed by atoms with Crippen LogP contribution in [0.25, 0.3) is 16.8 Å². The summed E-state index contributed by atoms with van der Waals surface area (Å²) in [6, 6.07) is 21.6. The third kappa shape index (κ3) is 4.02. The lowest BCUT2D eigenvalue weighted by Gasteiger charge is -2.04. The molecule has 24 heavy (non-hydrogen) atoms. The highest BCUT2D eigenvalue weighted by molar-refractivity contribution is 6.03. The summed E-state index contributed by atoms with van der Waals surface area (Å²) in [4.78, 5) is 12.1. The van der Waals surface area contributed by atoms with Crippen LogP contribution < -0.4 is 10.1 Å². The van der Waals surface area contributed by atoms with Crippen LogP contribution in [-0.2, 0) is 4.79 Å². The van der Waals surface area contributed by atoms with E-state index in [1.807, 2.05) is 73.7 Å². The first kappa shape index (κ1) is 15.8. The van der Waals surface area contributed by atoms with Gasteiger partial charge in [-0.1, -0.05) is 42.5 Å². The first-order valence-corrected chi connectivity index (χ1v) is 7.95. The molecule has 0 aliphatic heterocycles. The fourth-order valence-electron chi connectivity index (χ4n) is 2.46. The zero-order chi connectivity index (χ0) is 16.8. The van der Waals surface area contributed by atoms with Crippen molar-refractivity contribution in [2.24, 2.45) is 0 Å². The molecule has 3 aromatic rings. The van der Waals surface area contributed by atoms with Gasteiger partial charge in [0.15, 0.2) is 0 Å². The van der Waals surface area contributed by atoms with Crippen molar-refractivity contribution in [3.63, 3.8) is 0 Å². The van der Waals surface area contributed by atoms with Crippen molar-refractivity contribution in [2.45, 2.75) is 6.92 Å². The molecule has 3 nitrogen and oxygen atoms in total. The largest absolute Gasteiger partial charge is 0.494 e. The Morgan fingerprint density at radius 2 is 1.75 bits per heavy atom. The number of hydrogen-bond donors (Lipinski definition) is 1. The van der Waals surface area contributed by atoms with E-state index in [1.54, 1.807) is 6.08 Å². The smallest absolute Gasteiger partial charge is 0.248 e. The molecule has 120 valence electrons. The first-order chi connectivity index (χ1) is 11.7. The predicted molar refractivity (Wildman–Crippen MR) is 99.2 cm³/mol. The summed E-state index contributed by atoms with van der Waals surface area (Å²) in [7, 11) is 0. The van der Waals surface area contributed by atoms with Gasteiger partial charge in [-0.2, -0.15) is 0 Å². The lowest BCUT2D eigenvalue weighted by molar-refractivity contribution is -0.111. The second kappa shape index (κ2) is 7.47. The molecule has 3 rings (SSSR count). The summed E-state index contributed by atoms with van der Waals surface area (Å²) in [6.45, 7) is 2.59. The van der Waals surface area contributed by atoms with Crippen LogP contribution in [0.15, 0.2) is 72.8 Å². The second-order valence-electron chi connectivity index (χ2n) is 5.39. The van der Waals surface area contributed by atoms with E-state index in [9.17, 15) is 4.79 Å². The molecule has 0 aliphatic rings. The highest BCUT2D eigenvalue weighted by Crippen LogP contribution is 2.19. The van der Waals surface area contributed by atoms with E-state index < -0.39 is 0 Å². The topological polar surface area (TPSA) is 38.3 Å². The number of amides is 1. The number of carbonyl (C=O) groups excluding carboxylic acids is 1. The zero-order valence-electron chi connectivity index (χ0n) is 13.5. The molecular weight excluding hydrogens is 298 g/mol. The number of anilines is 1. The van der Waals surface area contributed by atoms with Crippen LogP contribution in [0.1, 0.15) is 12.5 Å². The minimum atomic E-state index is -0.154. The first-order valence-electron chi connectivity index (χ1n) is 7.95. The summed E-state index contributed by atoms with van der Waals surface area (Å²) in [5.74, 6) is 0.675. The van der Waals surface area contributed by atoms with Gasteiger partial charge in [-0.15, -0.1) is 0 Å². The van der Waals surface area contributed by atoms with E-state index in [4.69, 9.17) is 4.74 Å². The van der Waals surface area contributed by atoms with Gasteiger partial charge in [0, 0.05) is 11.8 Å². The van der Waals surface area contributed by atoms with Crippen LogP contribution in [0, 0.1) is 0 Å². The predicted octanol–water partition coefficient (Wildman–Crippen LogP) is 4.89. The number of benzene rings is 3. The number of ether oxygens (including phenoxy) is 1. The number of carbonyl (C=O) groups is 1. The summed E-state index contributed by atoms with van der Waals surface area (Å²) >= 11 is 0. The molecule has 0 atom stereocenters. The van der Waals surface area contributed by atoms with E-state index in [2.05, 4.69) is 5.32 Å². The lowest BCUT2D eigenvalue weighted by Crippen LogP contribution is -2.07. The van der Waals surface area contributed by atoms with Crippen molar-refractivity contribution < 1.29 is 9.53 Å². The molecule has 0 saturated heterocycles. The van der Waals surface area contributed by atoms with Crippen LogP contribution in [-0.4, -0.2) is 12.5 Å². The van der Waals surface area contributed by atoms with E-state index >= 15 is 0 Å². The van der Waals surface area contributed by atoms with Gasteiger partial charge in [0.1, 0.15) is 5.75 Å².